The van der Waals surface area contributed by atoms with Crippen LogP contribution < -0.4 is 0 Å². The van der Waals surface area contributed by atoms with Crippen LogP contribution in [-0.4, -0.2) is 40.5 Å². The summed E-state index contributed by atoms with van der Waals surface area (Å²) in [5.41, 5.74) is 0. The minimum Gasteiger partial charge on any atom is -0.480 e. The zero-order valence-corrected chi connectivity index (χ0v) is 9.59. The molecule has 0 aliphatic heterocycles. The number of thiol groups is 1. The van der Waals surface area contributed by atoms with Gasteiger partial charge in [0.15, 0.2) is 0 Å². The van der Waals surface area contributed by atoms with E-state index >= 15 is 0 Å². The van der Waals surface area contributed by atoms with Crippen molar-refractivity contribution in [3.63, 3.8) is 0 Å². The number of halogens is 1. The predicted octanol–water partition coefficient (Wildman–Crippen LogP) is 1.39. The van der Waals surface area contributed by atoms with Crippen LogP contribution in [0.25, 0.3) is 0 Å². The molecule has 0 aromatic rings. The Morgan fingerprint density at radius 1 is 1.75 bits per heavy atom. The molecule has 0 fully saturated rings. The highest BCUT2D eigenvalue weighted by Crippen LogP contribution is 2.08. The summed E-state index contributed by atoms with van der Waals surface area (Å²) >= 11 is 5.59. The van der Waals surface area contributed by atoms with Crippen molar-refractivity contribution >= 4 is 43.0 Å². The lowest BCUT2D eigenvalue weighted by Gasteiger charge is -2.17. The molecule has 0 spiro atoms. The molecule has 12 heavy (non-hydrogen) atoms. The zero-order valence-electron chi connectivity index (χ0n) is 7.06. The first-order chi connectivity index (χ1) is 5.09. The van der Waals surface area contributed by atoms with E-state index in [0.717, 1.165) is 5.75 Å². The van der Waals surface area contributed by atoms with Gasteiger partial charge in [-0.15, -0.1) is 12.4 Å². The van der Waals surface area contributed by atoms with Gasteiger partial charge in [-0.25, -0.2) is 4.31 Å². The summed E-state index contributed by atoms with van der Waals surface area (Å²) in [6, 6.07) is -0.467. The molecule has 0 radical (unpaired) electrons. The van der Waals surface area contributed by atoms with E-state index in [9.17, 15) is 4.79 Å². The largest absolute Gasteiger partial charge is 0.480 e. The van der Waals surface area contributed by atoms with Crippen molar-refractivity contribution in [2.45, 2.75) is 12.5 Å². The molecule has 0 saturated carbocycles. The predicted molar refractivity (Wildman–Crippen MR) is 58.4 cm³/mol. The van der Waals surface area contributed by atoms with Crippen molar-refractivity contribution in [1.29, 1.82) is 0 Å². The molecule has 1 unspecified atom stereocenters. The van der Waals surface area contributed by atoms with Crippen molar-refractivity contribution in [2.75, 3.05) is 19.1 Å². The third kappa shape index (κ3) is 5.99. The number of rotatable bonds is 5. The van der Waals surface area contributed by atoms with E-state index in [-0.39, 0.29) is 12.4 Å². The fraction of sp³-hybridized carbons (Fsp3) is 0.833. The number of carboxylic acid groups (broad SMARTS) is 1. The van der Waals surface area contributed by atoms with Gasteiger partial charge in [0.1, 0.15) is 6.04 Å². The molecule has 0 bridgehead atoms. The first-order valence-electron chi connectivity index (χ1n) is 3.23. The van der Waals surface area contributed by atoms with Gasteiger partial charge in [0.2, 0.25) is 0 Å². The van der Waals surface area contributed by atoms with Crippen LogP contribution in [0.2, 0.25) is 0 Å². The summed E-state index contributed by atoms with van der Waals surface area (Å²) in [6.45, 7) is 0. The van der Waals surface area contributed by atoms with Gasteiger partial charge in [-0.1, -0.05) is 12.8 Å². The fourth-order valence-electron chi connectivity index (χ4n) is 0.700. The topological polar surface area (TPSA) is 40.5 Å². The SMILES string of the molecule is CSCCC(C(=O)O)N(C)S.Cl. The second kappa shape index (κ2) is 8.04. The molecule has 0 saturated heterocycles. The first kappa shape index (κ1) is 14.9. The van der Waals surface area contributed by atoms with Gasteiger partial charge >= 0.3 is 5.97 Å². The van der Waals surface area contributed by atoms with Crippen LogP contribution in [-0.2, 0) is 4.79 Å². The lowest BCUT2D eigenvalue weighted by Crippen LogP contribution is -2.32. The highest BCUT2D eigenvalue weighted by atomic mass is 35.5. The molecule has 0 aliphatic rings. The molecular weight excluding hydrogens is 218 g/mol. The Kier molecular flexibility index (Phi) is 9.99. The number of aliphatic carboxylic acids is 1. The van der Waals surface area contributed by atoms with Crippen LogP contribution in [0.4, 0.5) is 0 Å². The van der Waals surface area contributed by atoms with Gasteiger partial charge in [0.25, 0.3) is 0 Å². The van der Waals surface area contributed by atoms with Crippen LogP contribution >= 0.6 is 37.0 Å². The Bertz CT molecular complexity index is 135. The standard InChI is InChI=1S/C6H13NO2S2.ClH/c1-7(10)5(6(8)9)3-4-11-2;/h5,10H,3-4H2,1-2H3,(H,8,9);1H. The van der Waals surface area contributed by atoms with E-state index < -0.39 is 12.0 Å². The molecule has 0 heterocycles. The summed E-state index contributed by atoms with van der Waals surface area (Å²) < 4.78 is 1.43. The number of hydrogen-bond acceptors (Lipinski definition) is 4. The number of likely N-dealkylation sites (N-methyl/N-ethyl adjacent to an activating group) is 1. The van der Waals surface area contributed by atoms with Crippen molar-refractivity contribution in [1.82, 2.24) is 4.31 Å². The number of nitrogens with zero attached hydrogens (tertiary/aromatic N) is 1. The quantitative estimate of drug-likeness (QED) is 0.702. The highest BCUT2D eigenvalue weighted by Gasteiger charge is 2.19. The van der Waals surface area contributed by atoms with Gasteiger partial charge in [0, 0.05) is 0 Å². The lowest BCUT2D eigenvalue weighted by molar-refractivity contribution is -0.140. The maximum absolute atomic E-state index is 10.5. The van der Waals surface area contributed by atoms with Crippen LogP contribution in [0, 0.1) is 0 Å². The maximum Gasteiger partial charge on any atom is 0.321 e. The van der Waals surface area contributed by atoms with Gasteiger partial charge in [-0.2, -0.15) is 11.8 Å². The Hall–Kier alpha value is 0.420. The molecule has 6 heteroatoms. The molecule has 1 atom stereocenters. The van der Waals surface area contributed by atoms with Crippen LogP contribution in [0.3, 0.4) is 0 Å². The minimum atomic E-state index is -0.809. The van der Waals surface area contributed by atoms with E-state index in [1.165, 1.54) is 4.31 Å². The average molecular weight is 232 g/mol. The number of thioether (sulfide) groups is 1. The Morgan fingerprint density at radius 3 is 2.50 bits per heavy atom. The molecule has 0 rings (SSSR count). The third-order valence-corrected chi connectivity index (χ3v) is 2.25. The highest BCUT2D eigenvalue weighted by molar-refractivity contribution is 7.98. The van der Waals surface area contributed by atoms with Crippen molar-refractivity contribution in [3.8, 4) is 0 Å². The van der Waals surface area contributed by atoms with Gasteiger partial charge < -0.3 is 5.11 Å². The van der Waals surface area contributed by atoms with E-state index in [1.807, 2.05) is 6.26 Å². The summed E-state index contributed by atoms with van der Waals surface area (Å²) in [5, 5.41) is 8.67. The molecular formula is C6H14ClNO2S2. The summed E-state index contributed by atoms with van der Waals surface area (Å²) in [4.78, 5) is 10.5. The maximum atomic E-state index is 10.5. The van der Waals surface area contributed by atoms with E-state index in [0.29, 0.717) is 6.42 Å². The molecule has 0 aliphatic carbocycles. The van der Waals surface area contributed by atoms with E-state index in [4.69, 9.17) is 5.11 Å². The average Bonchev–Trinajstić information content (AvgIpc) is 1.87. The molecule has 0 amide bonds. The van der Waals surface area contributed by atoms with Crippen LogP contribution in [0.5, 0.6) is 0 Å². The number of hydrogen-bond donors (Lipinski definition) is 2. The van der Waals surface area contributed by atoms with Crippen molar-refractivity contribution in [2.24, 2.45) is 0 Å². The second-order valence-corrected chi connectivity index (χ2v) is 3.83. The molecule has 1 N–H and O–H groups in total. The molecule has 0 aromatic heterocycles. The lowest BCUT2D eigenvalue weighted by atomic mass is 10.2. The number of carbonyl (C=O) groups is 1. The monoisotopic (exact) mass is 231 g/mol. The minimum absolute atomic E-state index is 0. The van der Waals surface area contributed by atoms with Gasteiger partial charge in [-0.3, -0.25) is 4.79 Å². The molecule has 74 valence electrons. The van der Waals surface area contributed by atoms with Crippen LogP contribution in [0.1, 0.15) is 6.42 Å². The fourth-order valence-corrected chi connectivity index (χ4v) is 1.37. The third-order valence-electron chi connectivity index (χ3n) is 1.33. The summed E-state index contributed by atoms with van der Waals surface area (Å²) in [5.74, 6) is 0.0403. The van der Waals surface area contributed by atoms with Crippen molar-refractivity contribution in [3.05, 3.63) is 0 Å². The normalized spacial score (nSPS) is 12.3. The van der Waals surface area contributed by atoms with E-state index in [1.54, 1.807) is 18.8 Å². The first-order valence-corrected chi connectivity index (χ1v) is 5.02. The van der Waals surface area contributed by atoms with Gasteiger partial charge in [0.05, 0.1) is 0 Å². The smallest absolute Gasteiger partial charge is 0.321 e. The Labute approximate surface area is 88.8 Å². The second-order valence-electron chi connectivity index (χ2n) is 2.21. The van der Waals surface area contributed by atoms with Crippen LogP contribution in [0.15, 0.2) is 0 Å². The molecule has 3 nitrogen and oxygen atoms in total. The summed E-state index contributed by atoms with van der Waals surface area (Å²) in [7, 11) is 1.65. The van der Waals surface area contributed by atoms with Gasteiger partial charge in [-0.05, 0) is 25.5 Å². The Morgan fingerprint density at radius 2 is 2.25 bits per heavy atom. The number of carboxylic acids is 1. The van der Waals surface area contributed by atoms with E-state index in [2.05, 4.69) is 12.8 Å². The Balaban J connectivity index is 0. The summed E-state index contributed by atoms with van der Waals surface area (Å²) in [6.07, 6.45) is 2.59. The van der Waals surface area contributed by atoms with Crippen molar-refractivity contribution < 1.29 is 9.90 Å². The zero-order chi connectivity index (χ0) is 8.85. The molecule has 0 aromatic carbocycles.